The van der Waals surface area contributed by atoms with Gasteiger partial charge in [-0.15, -0.1) is 0 Å². The van der Waals surface area contributed by atoms with E-state index >= 15 is 0 Å². The van der Waals surface area contributed by atoms with Crippen molar-refractivity contribution >= 4 is 5.91 Å². The van der Waals surface area contributed by atoms with Crippen LogP contribution in [-0.2, 0) is 11.3 Å². The number of amides is 1. The first-order valence-corrected chi connectivity index (χ1v) is 7.27. The number of hydrogen-bond donors (Lipinski definition) is 2. The molecule has 110 valence electrons. The molecule has 1 aromatic carbocycles. The first kappa shape index (κ1) is 13.8. The lowest BCUT2D eigenvalue weighted by molar-refractivity contribution is -0.139. The summed E-state index contributed by atoms with van der Waals surface area (Å²) in [6, 6.07) is 9.69. The van der Waals surface area contributed by atoms with E-state index in [-0.39, 0.29) is 5.91 Å². The molecule has 0 spiro atoms. The molecule has 1 saturated carbocycles. The Morgan fingerprint density at radius 3 is 2.62 bits per heavy atom. The second-order valence-electron chi connectivity index (χ2n) is 5.54. The lowest BCUT2D eigenvalue weighted by Crippen LogP contribution is -2.44. The number of hydrogen-bond acceptors (Lipinski definition) is 3. The maximum absolute atomic E-state index is 12.0. The SMILES string of the molecule is O=C(NCc1ccc(-n2cccn2)cc1)C1(O)CCCC1. The molecule has 1 heterocycles. The summed E-state index contributed by atoms with van der Waals surface area (Å²) in [5, 5.41) is 17.2. The van der Waals surface area contributed by atoms with Gasteiger partial charge >= 0.3 is 0 Å². The van der Waals surface area contributed by atoms with Crippen LogP contribution in [-0.4, -0.2) is 26.4 Å². The Labute approximate surface area is 123 Å². The summed E-state index contributed by atoms with van der Waals surface area (Å²) in [6.07, 6.45) is 6.59. The zero-order chi connectivity index (χ0) is 14.7. The Kier molecular flexibility index (Phi) is 3.75. The summed E-state index contributed by atoms with van der Waals surface area (Å²) in [4.78, 5) is 12.0. The van der Waals surface area contributed by atoms with Crippen molar-refractivity contribution in [3.8, 4) is 5.69 Å². The van der Waals surface area contributed by atoms with Gasteiger partial charge in [0.1, 0.15) is 5.60 Å². The van der Waals surface area contributed by atoms with E-state index in [2.05, 4.69) is 10.4 Å². The molecule has 21 heavy (non-hydrogen) atoms. The second-order valence-corrected chi connectivity index (χ2v) is 5.54. The molecule has 1 aliphatic rings. The number of nitrogens with one attached hydrogen (secondary N) is 1. The lowest BCUT2D eigenvalue weighted by atomic mass is 10.0. The van der Waals surface area contributed by atoms with Crippen molar-refractivity contribution in [2.75, 3.05) is 0 Å². The number of carbonyl (C=O) groups excluding carboxylic acids is 1. The van der Waals surface area contributed by atoms with Crippen LogP contribution in [0, 0.1) is 0 Å². The van der Waals surface area contributed by atoms with E-state index in [0.717, 1.165) is 24.1 Å². The van der Waals surface area contributed by atoms with E-state index in [0.29, 0.717) is 19.4 Å². The molecule has 0 atom stereocenters. The zero-order valence-corrected chi connectivity index (χ0v) is 11.8. The standard InChI is InChI=1S/C16H19N3O2/c20-15(16(21)8-1-2-9-16)17-12-13-4-6-14(7-5-13)19-11-3-10-18-19/h3-7,10-11,21H,1-2,8-9,12H2,(H,17,20). The van der Waals surface area contributed by atoms with E-state index in [4.69, 9.17) is 0 Å². The molecular weight excluding hydrogens is 266 g/mol. The first-order chi connectivity index (χ1) is 10.2. The highest BCUT2D eigenvalue weighted by Gasteiger charge is 2.38. The normalized spacial score (nSPS) is 16.8. The van der Waals surface area contributed by atoms with E-state index in [1.54, 1.807) is 10.9 Å². The maximum Gasteiger partial charge on any atom is 0.252 e. The lowest BCUT2D eigenvalue weighted by Gasteiger charge is -2.20. The van der Waals surface area contributed by atoms with Gasteiger partial charge in [-0.3, -0.25) is 4.79 Å². The smallest absolute Gasteiger partial charge is 0.252 e. The van der Waals surface area contributed by atoms with Crippen LogP contribution >= 0.6 is 0 Å². The fourth-order valence-electron chi connectivity index (χ4n) is 2.72. The van der Waals surface area contributed by atoms with Crippen LogP contribution in [0.4, 0.5) is 0 Å². The number of rotatable bonds is 4. The van der Waals surface area contributed by atoms with Gasteiger partial charge in [0.15, 0.2) is 0 Å². The molecule has 0 aliphatic heterocycles. The van der Waals surface area contributed by atoms with Crippen molar-refractivity contribution in [2.45, 2.75) is 37.8 Å². The quantitative estimate of drug-likeness (QED) is 0.900. The predicted octanol–water partition coefficient (Wildman–Crippen LogP) is 1.79. The molecule has 2 aromatic rings. The summed E-state index contributed by atoms with van der Waals surface area (Å²) in [5.74, 6) is -0.254. The highest BCUT2D eigenvalue weighted by Crippen LogP contribution is 2.29. The van der Waals surface area contributed by atoms with Gasteiger partial charge in [0.2, 0.25) is 0 Å². The minimum absolute atomic E-state index is 0.254. The molecule has 3 rings (SSSR count). The molecule has 2 N–H and O–H groups in total. The average Bonchev–Trinajstić information content (AvgIpc) is 3.17. The average molecular weight is 285 g/mol. The van der Waals surface area contributed by atoms with Crippen LogP contribution in [0.25, 0.3) is 5.69 Å². The number of aromatic nitrogens is 2. The molecule has 1 aromatic heterocycles. The maximum atomic E-state index is 12.0. The van der Waals surface area contributed by atoms with Gasteiger partial charge in [0.25, 0.3) is 5.91 Å². The molecule has 0 unspecified atom stereocenters. The minimum Gasteiger partial charge on any atom is -0.380 e. The van der Waals surface area contributed by atoms with Crippen LogP contribution in [0.1, 0.15) is 31.2 Å². The van der Waals surface area contributed by atoms with E-state index in [1.165, 1.54) is 0 Å². The fraction of sp³-hybridized carbons (Fsp3) is 0.375. The Balaban J connectivity index is 1.60. The van der Waals surface area contributed by atoms with E-state index in [9.17, 15) is 9.90 Å². The van der Waals surface area contributed by atoms with Gasteiger partial charge in [-0.05, 0) is 49.4 Å². The molecule has 5 heteroatoms. The van der Waals surface area contributed by atoms with Gasteiger partial charge in [-0.2, -0.15) is 5.10 Å². The highest BCUT2D eigenvalue weighted by molar-refractivity contribution is 5.85. The molecule has 1 aliphatic carbocycles. The number of aliphatic hydroxyl groups is 1. The predicted molar refractivity (Wildman–Crippen MR) is 78.8 cm³/mol. The van der Waals surface area contributed by atoms with Crippen molar-refractivity contribution < 1.29 is 9.90 Å². The van der Waals surface area contributed by atoms with Crippen molar-refractivity contribution in [1.29, 1.82) is 0 Å². The summed E-state index contributed by atoms with van der Waals surface area (Å²) >= 11 is 0. The van der Waals surface area contributed by atoms with Crippen LogP contribution in [0.3, 0.4) is 0 Å². The van der Waals surface area contributed by atoms with Gasteiger partial charge in [-0.1, -0.05) is 12.1 Å². The molecule has 5 nitrogen and oxygen atoms in total. The third-order valence-electron chi connectivity index (χ3n) is 4.01. The van der Waals surface area contributed by atoms with Gasteiger partial charge in [-0.25, -0.2) is 4.68 Å². The highest BCUT2D eigenvalue weighted by atomic mass is 16.3. The van der Waals surface area contributed by atoms with Crippen molar-refractivity contribution in [3.05, 3.63) is 48.3 Å². The number of benzene rings is 1. The number of carbonyl (C=O) groups is 1. The van der Waals surface area contributed by atoms with Crippen LogP contribution in [0.2, 0.25) is 0 Å². The second kappa shape index (κ2) is 5.69. The van der Waals surface area contributed by atoms with Gasteiger partial charge in [0, 0.05) is 18.9 Å². The third-order valence-corrected chi connectivity index (χ3v) is 4.01. The van der Waals surface area contributed by atoms with Gasteiger partial charge < -0.3 is 10.4 Å². The van der Waals surface area contributed by atoms with E-state index < -0.39 is 5.60 Å². The topological polar surface area (TPSA) is 67.2 Å². The molecular formula is C16H19N3O2. The van der Waals surface area contributed by atoms with Crippen molar-refractivity contribution in [2.24, 2.45) is 0 Å². The summed E-state index contributed by atoms with van der Waals surface area (Å²) < 4.78 is 1.78. The molecule has 0 saturated heterocycles. The van der Waals surface area contributed by atoms with Crippen molar-refractivity contribution in [3.63, 3.8) is 0 Å². The monoisotopic (exact) mass is 285 g/mol. The molecule has 1 amide bonds. The molecule has 0 bridgehead atoms. The summed E-state index contributed by atoms with van der Waals surface area (Å²) in [7, 11) is 0. The van der Waals surface area contributed by atoms with Gasteiger partial charge in [0.05, 0.1) is 5.69 Å². The zero-order valence-electron chi connectivity index (χ0n) is 11.8. The van der Waals surface area contributed by atoms with E-state index in [1.807, 2.05) is 36.5 Å². The molecule has 0 radical (unpaired) electrons. The largest absolute Gasteiger partial charge is 0.380 e. The Bertz CT molecular complexity index is 599. The number of nitrogens with zero attached hydrogens (tertiary/aromatic N) is 2. The van der Waals surface area contributed by atoms with Crippen LogP contribution in [0.5, 0.6) is 0 Å². The Hall–Kier alpha value is -2.14. The van der Waals surface area contributed by atoms with Crippen LogP contribution in [0.15, 0.2) is 42.7 Å². The Morgan fingerprint density at radius 1 is 1.29 bits per heavy atom. The summed E-state index contributed by atoms with van der Waals surface area (Å²) in [6.45, 7) is 0.431. The van der Waals surface area contributed by atoms with Crippen LogP contribution < -0.4 is 5.32 Å². The minimum atomic E-state index is -1.16. The summed E-state index contributed by atoms with van der Waals surface area (Å²) in [5.41, 5.74) is 0.819. The van der Waals surface area contributed by atoms with Crippen molar-refractivity contribution in [1.82, 2.24) is 15.1 Å². The Morgan fingerprint density at radius 2 is 2.00 bits per heavy atom. The molecule has 1 fully saturated rings. The first-order valence-electron chi connectivity index (χ1n) is 7.27. The fourth-order valence-corrected chi connectivity index (χ4v) is 2.72. The third kappa shape index (κ3) is 2.97.